The molecule has 1 atom stereocenters. The first kappa shape index (κ1) is 23.1. The average molecular weight is 464 g/mol. The van der Waals surface area contributed by atoms with E-state index in [1.54, 1.807) is 13.0 Å². The topological polar surface area (TPSA) is 84.5 Å². The lowest BCUT2D eigenvalue weighted by molar-refractivity contribution is -0.275. The monoisotopic (exact) mass is 464 g/mol. The Morgan fingerprint density at radius 3 is 2.19 bits per heavy atom. The maximum absolute atomic E-state index is 12.8. The van der Waals surface area contributed by atoms with E-state index in [1.165, 1.54) is 30.3 Å². The van der Waals surface area contributed by atoms with Crippen LogP contribution in [0, 0.1) is 0 Å². The van der Waals surface area contributed by atoms with Crippen molar-refractivity contribution >= 4 is 21.6 Å². The average Bonchev–Trinajstić information content (AvgIpc) is 2.73. The fourth-order valence-corrected chi connectivity index (χ4v) is 4.16. The van der Waals surface area contributed by atoms with E-state index in [0.717, 1.165) is 17.7 Å². The second-order valence-corrected chi connectivity index (χ2v) is 8.40. The molecule has 3 aromatic rings. The number of carbonyl (C=O) groups is 1. The van der Waals surface area contributed by atoms with Crippen LogP contribution in [-0.4, -0.2) is 20.7 Å². The summed E-state index contributed by atoms with van der Waals surface area (Å²) in [7, 11) is -4.51. The molecule has 0 fully saturated rings. The lowest BCUT2D eigenvalue weighted by atomic mass is 10.1. The van der Waals surface area contributed by atoms with Gasteiger partial charge in [0.05, 0.1) is 17.3 Å². The Hall–Kier alpha value is -3.53. The fraction of sp³-hybridized carbons (Fsp3) is 0.136. The molecule has 0 aliphatic carbocycles. The molecular weight excluding hydrogens is 445 g/mol. The minimum Gasteiger partial charge on any atom is -0.404 e. The molecule has 0 spiro atoms. The summed E-state index contributed by atoms with van der Waals surface area (Å²) < 4.78 is 69.7. The van der Waals surface area contributed by atoms with Crippen molar-refractivity contribution in [2.45, 2.75) is 24.2 Å². The van der Waals surface area contributed by atoms with Gasteiger partial charge in [-0.1, -0.05) is 54.6 Å². The molecule has 1 unspecified atom stereocenters. The highest BCUT2D eigenvalue weighted by Gasteiger charge is 2.34. The summed E-state index contributed by atoms with van der Waals surface area (Å²) >= 11 is 0. The van der Waals surface area contributed by atoms with Gasteiger partial charge < -0.3 is 10.1 Å². The van der Waals surface area contributed by atoms with Gasteiger partial charge in [-0.3, -0.25) is 9.52 Å². The Labute approximate surface area is 183 Å². The number of benzene rings is 3. The minimum absolute atomic E-state index is 0.00748. The third-order valence-corrected chi connectivity index (χ3v) is 5.83. The molecule has 0 aliphatic rings. The van der Waals surface area contributed by atoms with Crippen LogP contribution in [0.2, 0.25) is 0 Å². The summed E-state index contributed by atoms with van der Waals surface area (Å²) in [4.78, 5) is 12.1. The molecule has 0 saturated heterocycles. The molecule has 2 N–H and O–H groups in total. The zero-order valence-electron chi connectivity index (χ0n) is 16.8. The van der Waals surface area contributed by atoms with Gasteiger partial charge in [-0.15, -0.1) is 13.2 Å². The quantitative estimate of drug-likeness (QED) is 0.522. The van der Waals surface area contributed by atoms with Crippen LogP contribution in [0.4, 0.5) is 18.9 Å². The van der Waals surface area contributed by atoms with E-state index in [1.807, 2.05) is 30.3 Å². The third-order valence-electron chi connectivity index (χ3n) is 4.43. The molecular formula is C22H19F3N2O4S. The number of nitrogens with one attached hydrogen (secondary N) is 2. The Morgan fingerprint density at radius 1 is 0.906 bits per heavy atom. The first-order valence-corrected chi connectivity index (χ1v) is 10.9. The van der Waals surface area contributed by atoms with Gasteiger partial charge in [-0.05, 0) is 36.8 Å². The van der Waals surface area contributed by atoms with E-state index >= 15 is 0 Å². The van der Waals surface area contributed by atoms with Crippen molar-refractivity contribution in [3.8, 4) is 5.75 Å². The lowest BCUT2D eigenvalue weighted by Crippen LogP contribution is -2.28. The summed E-state index contributed by atoms with van der Waals surface area (Å²) in [5, 5.41) is 2.77. The molecule has 3 aromatic carbocycles. The van der Waals surface area contributed by atoms with E-state index in [-0.39, 0.29) is 17.3 Å². The van der Waals surface area contributed by atoms with E-state index in [9.17, 15) is 26.4 Å². The third kappa shape index (κ3) is 5.79. The van der Waals surface area contributed by atoms with Crippen LogP contribution in [0.1, 0.15) is 28.9 Å². The lowest BCUT2D eigenvalue weighted by Gasteiger charge is -2.18. The van der Waals surface area contributed by atoms with Gasteiger partial charge in [0.2, 0.25) is 0 Å². The van der Waals surface area contributed by atoms with Gasteiger partial charge in [0.15, 0.2) is 0 Å². The van der Waals surface area contributed by atoms with Gasteiger partial charge in [0.25, 0.3) is 15.9 Å². The number of ether oxygens (including phenoxy) is 1. The number of carbonyl (C=O) groups excluding carboxylic acids is 1. The van der Waals surface area contributed by atoms with Gasteiger partial charge in [-0.2, -0.15) is 0 Å². The summed E-state index contributed by atoms with van der Waals surface area (Å²) in [6.07, 6.45) is -5.07. The fourth-order valence-electron chi connectivity index (χ4n) is 2.95. The molecule has 0 bridgehead atoms. The van der Waals surface area contributed by atoms with Crippen molar-refractivity contribution in [2.24, 2.45) is 0 Å². The minimum atomic E-state index is -5.07. The van der Waals surface area contributed by atoms with Crippen LogP contribution in [-0.2, 0) is 10.0 Å². The second-order valence-electron chi connectivity index (χ2n) is 6.75. The van der Waals surface area contributed by atoms with Crippen molar-refractivity contribution < 1.29 is 31.1 Å². The van der Waals surface area contributed by atoms with Crippen LogP contribution < -0.4 is 14.8 Å². The molecule has 0 heterocycles. The molecule has 0 radical (unpaired) electrons. The number of para-hydroxylation sites is 2. The number of amides is 1. The highest BCUT2D eigenvalue weighted by molar-refractivity contribution is 7.92. The Kier molecular flexibility index (Phi) is 6.73. The predicted molar refractivity (Wildman–Crippen MR) is 113 cm³/mol. The van der Waals surface area contributed by atoms with Crippen LogP contribution in [0.3, 0.4) is 0 Å². The molecule has 10 heteroatoms. The van der Waals surface area contributed by atoms with E-state index in [2.05, 4.69) is 14.8 Å². The maximum atomic E-state index is 12.8. The number of sulfonamides is 1. The van der Waals surface area contributed by atoms with Crippen molar-refractivity contribution in [1.82, 2.24) is 5.32 Å². The molecule has 0 saturated carbocycles. The van der Waals surface area contributed by atoms with Crippen LogP contribution >= 0.6 is 0 Å². The van der Waals surface area contributed by atoms with Crippen molar-refractivity contribution in [1.29, 1.82) is 0 Å². The zero-order valence-corrected chi connectivity index (χ0v) is 17.6. The number of hydrogen-bond donors (Lipinski definition) is 2. The van der Waals surface area contributed by atoms with Gasteiger partial charge in [-0.25, -0.2) is 8.42 Å². The van der Waals surface area contributed by atoms with Crippen LogP contribution in [0.15, 0.2) is 83.8 Å². The van der Waals surface area contributed by atoms with E-state index < -0.39 is 32.9 Å². The first-order valence-electron chi connectivity index (χ1n) is 9.39. The second kappa shape index (κ2) is 9.31. The maximum Gasteiger partial charge on any atom is 0.573 e. The van der Waals surface area contributed by atoms with E-state index in [4.69, 9.17) is 0 Å². The summed E-state index contributed by atoms with van der Waals surface area (Å²) in [5.74, 6) is -1.44. The van der Waals surface area contributed by atoms with Gasteiger partial charge in [0, 0.05) is 0 Å². The number of halogens is 3. The van der Waals surface area contributed by atoms with Crippen molar-refractivity contribution in [2.75, 3.05) is 4.72 Å². The van der Waals surface area contributed by atoms with Crippen LogP contribution in [0.5, 0.6) is 5.75 Å². The molecule has 0 aliphatic heterocycles. The number of anilines is 1. The molecule has 6 nitrogen and oxygen atoms in total. The summed E-state index contributed by atoms with van der Waals surface area (Å²) in [6, 6.07) is 18.9. The molecule has 3 rings (SSSR count). The number of alkyl halides is 3. The Morgan fingerprint density at radius 2 is 1.50 bits per heavy atom. The normalized spacial score (nSPS) is 12.6. The molecule has 168 valence electrons. The van der Waals surface area contributed by atoms with Crippen LogP contribution in [0.25, 0.3) is 0 Å². The number of hydrogen-bond acceptors (Lipinski definition) is 4. The van der Waals surface area contributed by atoms with Gasteiger partial charge >= 0.3 is 6.36 Å². The smallest absolute Gasteiger partial charge is 0.404 e. The molecule has 1 amide bonds. The molecule has 0 aromatic heterocycles. The number of rotatable bonds is 7. The summed E-state index contributed by atoms with van der Waals surface area (Å²) in [5.41, 5.74) is 0.761. The Balaban J connectivity index is 1.87. The van der Waals surface area contributed by atoms with Gasteiger partial charge in [0.1, 0.15) is 10.6 Å². The van der Waals surface area contributed by atoms with Crippen molar-refractivity contribution in [3.63, 3.8) is 0 Å². The molecule has 32 heavy (non-hydrogen) atoms. The summed E-state index contributed by atoms with van der Waals surface area (Å²) in [6.45, 7) is 1.77. The van der Waals surface area contributed by atoms with E-state index in [0.29, 0.717) is 0 Å². The predicted octanol–water partition coefficient (Wildman–Crippen LogP) is 4.88. The highest BCUT2D eigenvalue weighted by Crippen LogP contribution is 2.31. The zero-order chi connectivity index (χ0) is 23.4. The SMILES string of the molecule is CC(NC(=O)c1ccccc1NS(=O)(=O)c1ccccc1OC(F)(F)F)c1ccccc1. The van der Waals surface area contributed by atoms with Crippen molar-refractivity contribution in [3.05, 3.63) is 90.0 Å². The largest absolute Gasteiger partial charge is 0.573 e. The highest BCUT2D eigenvalue weighted by atomic mass is 32.2. The standard InChI is InChI=1S/C22H19F3N2O4S/c1-15(16-9-3-2-4-10-16)26-21(28)17-11-5-6-12-18(17)27-32(29,30)20-14-8-7-13-19(20)31-22(23,24)25/h2-15,27H,1H3,(H,26,28). The first-order chi connectivity index (χ1) is 15.1. The Bertz CT molecular complexity index is 1200.